The first-order chi connectivity index (χ1) is 12.6. The van der Waals surface area contributed by atoms with Crippen molar-refractivity contribution in [2.45, 2.75) is 18.7 Å². The van der Waals surface area contributed by atoms with E-state index in [-0.39, 0.29) is 33.0 Å². The molecule has 2 atom stereocenters. The Hall–Kier alpha value is -2.39. The van der Waals surface area contributed by atoms with Gasteiger partial charge in [-0.15, -0.1) is 4.73 Å². The van der Waals surface area contributed by atoms with Gasteiger partial charge in [-0.05, 0) is 18.1 Å². The lowest BCUT2D eigenvalue weighted by atomic mass is 9.90. The summed E-state index contributed by atoms with van der Waals surface area (Å²) < 4.78 is 50.1. The molecule has 0 spiro atoms. The molecule has 3 rings (SSSR count). The van der Waals surface area contributed by atoms with Crippen LogP contribution >= 0.6 is 23.2 Å². The fraction of sp³-hybridized carbons (Fsp3) is 0.250. The van der Waals surface area contributed by atoms with Gasteiger partial charge in [0, 0.05) is 12.1 Å². The zero-order valence-electron chi connectivity index (χ0n) is 13.2. The number of hydrogen-bond acceptors (Lipinski definition) is 4. The first kappa shape index (κ1) is 19.4. The molecule has 27 heavy (non-hydrogen) atoms. The number of rotatable bonds is 3. The van der Waals surface area contributed by atoms with Crippen LogP contribution in [0.2, 0.25) is 10.0 Å². The maximum Gasteiger partial charge on any atom is 0.426 e. The first-order valence-corrected chi connectivity index (χ1v) is 8.17. The van der Waals surface area contributed by atoms with Crippen LogP contribution in [0, 0.1) is 11.1 Å². The van der Waals surface area contributed by atoms with Crippen molar-refractivity contribution >= 4 is 29.2 Å². The number of alkyl halides is 3. The highest BCUT2D eigenvalue weighted by Crippen LogP contribution is 2.43. The van der Waals surface area contributed by atoms with Crippen molar-refractivity contribution in [1.29, 1.82) is 0 Å². The number of benzene rings is 1. The number of aromatic nitrogens is 1. The average Bonchev–Trinajstić information content (AvgIpc) is 2.56. The minimum atomic E-state index is -4.88. The predicted octanol–water partition coefficient (Wildman–Crippen LogP) is 3.99. The molecule has 1 N–H and O–H groups in total. The van der Waals surface area contributed by atoms with Crippen molar-refractivity contribution in [2.24, 2.45) is 5.92 Å². The summed E-state index contributed by atoms with van der Waals surface area (Å²) in [6.45, 7) is 0. The van der Waals surface area contributed by atoms with Gasteiger partial charge in [-0.25, -0.2) is 0 Å². The number of aliphatic carboxylic acids is 1. The van der Waals surface area contributed by atoms with Crippen LogP contribution in [0.15, 0.2) is 30.5 Å². The van der Waals surface area contributed by atoms with Crippen LogP contribution in [0.4, 0.5) is 13.2 Å². The topological polar surface area (TPSA) is 82.7 Å². The number of pyridine rings is 1. The molecule has 0 aliphatic carbocycles. The van der Waals surface area contributed by atoms with Gasteiger partial charge in [-0.3, -0.25) is 4.79 Å². The molecule has 0 amide bonds. The standard InChI is InChI=1S/C16H10Cl2F3NO5/c17-8-1-2-22(25)13(5-8)26-12-6-11-7(4-10(12)18)3-9(15(23)24)14(27-11)16(19,20)21/h1-2,4-6,9,14H,3H2,(H,23,24). The van der Waals surface area contributed by atoms with Crippen LogP contribution < -0.4 is 14.2 Å². The molecule has 2 heterocycles. The molecule has 1 aromatic heterocycles. The van der Waals surface area contributed by atoms with Crippen molar-refractivity contribution in [2.75, 3.05) is 0 Å². The third kappa shape index (κ3) is 3.98. The maximum absolute atomic E-state index is 13.2. The first-order valence-electron chi connectivity index (χ1n) is 7.41. The van der Waals surface area contributed by atoms with Gasteiger partial charge in [0.2, 0.25) is 6.10 Å². The third-order valence-corrected chi connectivity index (χ3v) is 4.41. The summed E-state index contributed by atoms with van der Waals surface area (Å²) in [6.07, 6.45) is -6.75. The predicted molar refractivity (Wildman–Crippen MR) is 87.2 cm³/mol. The van der Waals surface area contributed by atoms with Gasteiger partial charge in [0.05, 0.1) is 16.1 Å². The van der Waals surface area contributed by atoms with Crippen molar-refractivity contribution < 1.29 is 37.3 Å². The molecule has 11 heteroatoms. The Morgan fingerprint density at radius 2 is 2.04 bits per heavy atom. The van der Waals surface area contributed by atoms with E-state index in [4.69, 9.17) is 37.8 Å². The molecule has 6 nitrogen and oxygen atoms in total. The summed E-state index contributed by atoms with van der Waals surface area (Å²) in [6, 6.07) is 4.84. The zero-order chi connectivity index (χ0) is 19.9. The van der Waals surface area contributed by atoms with Gasteiger partial charge < -0.3 is 19.8 Å². The minimum absolute atomic E-state index is 0.0353. The Balaban J connectivity index is 1.98. The average molecular weight is 424 g/mol. The van der Waals surface area contributed by atoms with E-state index in [0.717, 1.165) is 12.3 Å². The highest BCUT2D eigenvalue weighted by Gasteiger charge is 2.52. The highest BCUT2D eigenvalue weighted by atomic mass is 35.5. The maximum atomic E-state index is 13.2. The molecule has 1 aliphatic rings. The van der Waals surface area contributed by atoms with Crippen molar-refractivity contribution in [1.82, 2.24) is 0 Å². The molecule has 0 radical (unpaired) electrons. The second-order valence-electron chi connectivity index (χ2n) is 5.73. The molecule has 0 saturated carbocycles. The van der Waals surface area contributed by atoms with E-state index in [1.807, 2.05) is 0 Å². The lowest BCUT2D eigenvalue weighted by Gasteiger charge is -2.32. The fourth-order valence-electron chi connectivity index (χ4n) is 2.63. The molecule has 0 saturated heterocycles. The zero-order valence-corrected chi connectivity index (χ0v) is 14.7. The minimum Gasteiger partial charge on any atom is -0.616 e. The van der Waals surface area contributed by atoms with Crippen LogP contribution in [0.5, 0.6) is 17.4 Å². The SMILES string of the molecule is O=C(O)C1Cc2cc(Cl)c(Oc3cc(Cl)cc[n+]3[O-])cc2OC1C(F)(F)F. The largest absolute Gasteiger partial charge is 0.616 e. The number of fused-ring (bicyclic) bond motifs is 1. The molecule has 0 fully saturated rings. The molecular formula is C16H10Cl2F3NO5. The summed E-state index contributed by atoms with van der Waals surface area (Å²) in [7, 11) is 0. The van der Waals surface area contributed by atoms with E-state index >= 15 is 0 Å². The fourth-order valence-corrected chi connectivity index (χ4v) is 3.00. The number of halogens is 5. The van der Waals surface area contributed by atoms with Crippen LogP contribution in [0.25, 0.3) is 0 Å². The van der Waals surface area contributed by atoms with E-state index in [1.54, 1.807) is 0 Å². The van der Waals surface area contributed by atoms with Gasteiger partial charge >= 0.3 is 18.0 Å². The lowest BCUT2D eigenvalue weighted by molar-refractivity contribution is -0.611. The van der Waals surface area contributed by atoms with Gasteiger partial charge in [0.15, 0.2) is 11.9 Å². The second kappa shape index (κ2) is 6.97. The van der Waals surface area contributed by atoms with Crippen molar-refractivity contribution in [3.8, 4) is 17.4 Å². The van der Waals surface area contributed by atoms with Crippen molar-refractivity contribution in [3.05, 3.63) is 51.3 Å². The smallest absolute Gasteiger partial charge is 0.426 e. The molecule has 0 bridgehead atoms. The van der Waals surface area contributed by atoms with Gasteiger partial charge in [0.25, 0.3) is 0 Å². The summed E-state index contributed by atoms with van der Waals surface area (Å²) in [5, 5.41) is 21.0. The van der Waals surface area contributed by atoms with E-state index in [0.29, 0.717) is 4.73 Å². The molecule has 2 aromatic rings. The van der Waals surface area contributed by atoms with E-state index in [2.05, 4.69) is 0 Å². The Morgan fingerprint density at radius 3 is 2.67 bits per heavy atom. The quantitative estimate of drug-likeness (QED) is 0.596. The van der Waals surface area contributed by atoms with Crippen LogP contribution in [-0.2, 0) is 11.2 Å². The third-order valence-electron chi connectivity index (χ3n) is 3.88. The Morgan fingerprint density at radius 1 is 1.33 bits per heavy atom. The number of ether oxygens (including phenoxy) is 2. The number of carboxylic acid groups (broad SMARTS) is 1. The summed E-state index contributed by atoms with van der Waals surface area (Å²) >= 11 is 11.8. The van der Waals surface area contributed by atoms with Crippen LogP contribution in [0.3, 0.4) is 0 Å². The number of hydrogen-bond donors (Lipinski definition) is 1. The van der Waals surface area contributed by atoms with E-state index in [9.17, 15) is 23.2 Å². The molecule has 1 aromatic carbocycles. The molecular weight excluding hydrogens is 414 g/mol. The number of carbonyl (C=O) groups is 1. The van der Waals surface area contributed by atoms with Gasteiger partial charge in [-0.1, -0.05) is 23.2 Å². The number of nitrogens with zero attached hydrogens (tertiary/aromatic N) is 1. The number of carboxylic acids is 1. The van der Waals surface area contributed by atoms with Crippen molar-refractivity contribution in [3.63, 3.8) is 0 Å². The Bertz CT molecular complexity index is 906. The highest BCUT2D eigenvalue weighted by molar-refractivity contribution is 6.32. The monoisotopic (exact) mass is 423 g/mol. The molecule has 2 unspecified atom stereocenters. The summed E-state index contributed by atoms with van der Waals surface area (Å²) in [5.74, 6) is -4.07. The second-order valence-corrected chi connectivity index (χ2v) is 6.57. The Labute approximate surface area is 160 Å². The van der Waals surface area contributed by atoms with Gasteiger partial charge in [-0.2, -0.15) is 13.2 Å². The molecule has 144 valence electrons. The van der Waals surface area contributed by atoms with Crippen LogP contribution in [0.1, 0.15) is 5.56 Å². The summed E-state index contributed by atoms with van der Waals surface area (Å²) in [5.41, 5.74) is 0.182. The summed E-state index contributed by atoms with van der Waals surface area (Å²) in [4.78, 5) is 11.2. The normalized spacial score (nSPS) is 19.1. The Kier molecular flexibility index (Phi) is 5.00. The van der Waals surface area contributed by atoms with Crippen LogP contribution in [-0.4, -0.2) is 23.4 Å². The lowest BCUT2D eigenvalue weighted by Crippen LogP contribution is -2.47. The van der Waals surface area contributed by atoms with E-state index < -0.39 is 30.6 Å². The molecule has 1 aliphatic heterocycles. The van der Waals surface area contributed by atoms with E-state index in [1.165, 1.54) is 18.2 Å². The van der Waals surface area contributed by atoms with Gasteiger partial charge in [0.1, 0.15) is 11.7 Å².